The Morgan fingerprint density at radius 2 is 0.695 bits per heavy atom. The van der Waals surface area contributed by atoms with Crippen LogP contribution in [0.5, 0.6) is 0 Å². The van der Waals surface area contributed by atoms with Crippen molar-refractivity contribution in [3.05, 3.63) is 331 Å². The topological polar surface area (TPSA) is 34.4 Å². The van der Waals surface area contributed by atoms with E-state index in [0.29, 0.717) is 61.6 Å². The Balaban J connectivity index is 0.953. The monoisotopic (exact) mass is 1240 g/mol. The lowest BCUT2D eigenvalue weighted by Crippen LogP contribution is -2.30. The van der Waals surface area contributed by atoms with Gasteiger partial charge in [0.05, 0.1) is 100 Å². The number of nitrogens with zero attached hydrogens (tertiary/aromatic N) is 5. The number of anilines is 6. The van der Waals surface area contributed by atoms with Gasteiger partial charge in [-0.3, -0.25) is 0 Å². The number of furan rings is 1. The smallest absolute Gasteiger partial charge is 0.159 e. The van der Waals surface area contributed by atoms with Crippen LogP contribution in [0.2, 0.25) is 0 Å². The summed E-state index contributed by atoms with van der Waals surface area (Å²) in [6.45, 7) is 6.20. The molecule has 0 N–H and O–H groups in total. The average Bonchev–Trinajstić information content (AvgIpc) is 1.69. The molecule has 0 aliphatic carbocycles. The standard InChI is InChI=1S/C89H61N5O/c1-89(2,3)59-51-83-86-84(52-59)94(80-43-23-35-70-69-34-22-42-79(87(69)95-88(70)80)93-77-40-20-14-32-67(77)68-33-15-21-41-78(68)93)82-54-61(91-75-38-18-12-30-65(75)66-31-13-19-39-76(66)91)45-47-72(82)85(86)71-46-44-60(90-73-36-16-10-28-63(73)64-29-11-17-37-74(64)90)53-81(71)92(83)62-49-57(55-24-6-4-7-25-55)48-58(50-62)56-26-8-5-9-27-56/h4-54,85H,1-3H3/i10D,11D,12D,13D,14D,15D,16D,17D,18D,19D,20D,21D,28D,29D,30D,31D,32D,33D,36D,37D,38D,39D,40D,41D. The van der Waals surface area contributed by atoms with Gasteiger partial charge in [-0.2, -0.15) is 0 Å². The first-order valence-electron chi connectivity index (χ1n) is 43.1. The van der Waals surface area contributed by atoms with Gasteiger partial charge in [-0.25, -0.2) is 0 Å². The van der Waals surface area contributed by atoms with Gasteiger partial charge >= 0.3 is 0 Å². The summed E-state index contributed by atoms with van der Waals surface area (Å²) in [5.74, 6) is -0.864. The maximum atomic E-state index is 9.75. The first-order chi connectivity index (χ1) is 56.7. The van der Waals surface area contributed by atoms with Crippen molar-refractivity contribution in [2.24, 2.45) is 0 Å². The molecule has 0 saturated carbocycles. The molecule has 1 unspecified atom stereocenters. The summed E-state index contributed by atoms with van der Waals surface area (Å²) in [4.78, 5) is 4.16. The molecule has 1 atom stereocenters. The van der Waals surface area contributed by atoms with Crippen LogP contribution in [-0.2, 0) is 5.41 Å². The molecule has 0 amide bonds. The molecule has 448 valence electrons. The fourth-order valence-corrected chi connectivity index (χ4v) is 14.7. The summed E-state index contributed by atoms with van der Waals surface area (Å²) in [6.07, 6.45) is 0. The van der Waals surface area contributed by atoms with Crippen molar-refractivity contribution in [3.63, 3.8) is 0 Å². The van der Waals surface area contributed by atoms with Crippen molar-refractivity contribution in [1.29, 1.82) is 0 Å². The van der Waals surface area contributed by atoms with E-state index in [-0.39, 0.29) is 93.6 Å². The molecule has 0 saturated heterocycles. The van der Waals surface area contributed by atoms with Crippen LogP contribution in [0.1, 0.15) is 81.8 Å². The molecular formula is C89H61N5O. The molecule has 18 aromatic rings. The maximum Gasteiger partial charge on any atom is 0.159 e. The SMILES string of the molecule is [2H]c1c([2H])c([2H])c2c(c1[2H])c1c([2H])c([2H])c([2H])c([2H])c1n2-c1ccc2c(c1)N(c1cc(-c3ccccc3)cc(-c3ccccc3)c1)c1cc(C(C)(C)C)cc3c1C2c1ccc(-n2c4c([2H])c([2H])c([2H])c([2H])c4c4c([2H])c([2H])c([2H])c([2H])c42)cc1N3c1cccc2c1oc1c(-n3c4c([2H])c([2H])c([2H])c([2H])c4c4c([2H])c([2H])c([2H])c([2H])c43)cccc12. The van der Waals surface area contributed by atoms with E-state index in [1.54, 1.807) is 36.4 Å². The highest BCUT2D eigenvalue weighted by Crippen LogP contribution is 2.63. The van der Waals surface area contributed by atoms with Crippen molar-refractivity contribution in [3.8, 4) is 39.3 Å². The Morgan fingerprint density at radius 3 is 1.14 bits per heavy atom. The van der Waals surface area contributed by atoms with E-state index in [4.69, 9.17) is 18.1 Å². The van der Waals surface area contributed by atoms with Gasteiger partial charge in [0.1, 0.15) is 0 Å². The van der Waals surface area contributed by atoms with E-state index in [9.17, 15) is 19.2 Å². The molecule has 2 aliphatic rings. The van der Waals surface area contributed by atoms with Gasteiger partial charge < -0.3 is 27.9 Å². The lowest BCUT2D eigenvalue weighted by atomic mass is 9.73. The van der Waals surface area contributed by atoms with Gasteiger partial charge in [-0.1, -0.05) is 227 Å². The molecule has 0 spiro atoms. The first kappa shape index (κ1) is 35.1. The van der Waals surface area contributed by atoms with E-state index in [1.165, 1.54) is 13.7 Å². The van der Waals surface area contributed by atoms with Gasteiger partial charge in [-0.05, 0) is 147 Å². The van der Waals surface area contributed by atoms with Gasteiger partial charge in [0.15, 0.2) is 11.2 Å². The number of rotatable bonds is 7. The molecule has 0 fully saturated rings. The van der Waals surface area contributed by atoms with Crippen LogP contribution >= 0.6 is 0 Å². The summed E-state index contributed by atoms with van der Waals surface area (Å²) < 4.78 is 235. The van der Waals surface area contributed by atoms with E-state index in [2.05, 4.69) is 56.0 Å². The van der Waals surface area contributed by atoms with E-state index >= 15 is 0 Å². The number of hydrogen-bond donors (Lipinski definition) is 0. The number of fused-ring (bicyclic) bond motifs is 16. The molecule has 20 rings (SSSR count). The van der Waals surface area contributed by atoms with E-state index in [0.717, 1.165) is 27.8 Å². The van der Waals surface area contributed by atoms with Gasteiger partial charge in [0.25, 0.3) is 0 Å². The molecule has 4 aromatic heterocycles. The molecule has 6 nitrogen and oxygen atoms in total. The lowest BCUT2D eigenvalue weighted by Gasteiger charge is -2.46. The van der Waals surface area contributed by atoms with Crippen LogP contribution in [-0.4, -0.2) is 13.7 Å². The summed E-state index contributed by atoms with van der Waals surface area (Å²) in [6, 6.07) is 38.1. The van der Waals surface area contributed by atoms with Crippen LogP contribution in [0.3, 0.4) is 0 Å². The average molecular weight is 1240 g/mol. The number of aromatic nitrogens is 3. The number of benzene rings is 14. The van der Waals surface area contributed by atoms with Crippen molar-refractivity contribution < 1.29 is 37.3 Å². The molecule has 0 radical (unpaired) electrons. The zero-order valence-corrected chi connectivity index (χ0v) is 50.8. The minimum Gasteiger partial charge on any atom is -0.452 e. The third-order valence-corrected chi connectivity index (χ3v) is 18.9. The minimum atomic E-state index is -0.864. The fraction of sp³-hybridized carbons (Fsp3) is 0.0562. The predicted molar refractivity (Wildman–Crippen MR) is 397 cm³/mol. The second-order valence-corrected chi connectivity index (χ2v) is 25.0. The Kier molecular flexibility index (Phi) is 7.45. The van der Waals surface area contributed by atoms with Gasteiger partial charge in [0.2, 0.25) is 0 Å². The van der Waals surface area contributed by atoms with Crippen molar-refractivity contribution in [2.45, 2.75) is 32.1 Å². The van der Waals surface area contributed by atoms with Crippen molar-refractivity contribution in [1.82, 2.24) is 13.7 Å². The summed E-state index contributed by atoms with van der Waals surface area (Å²) >= 11 is 0. The van der Waals surface area contributed by atoms with Crippen LogP contribution in [0.25, 0.3) is 127 Å². The second kappa shape index (κ2) is 20.2. The summed E-state index contributed by atoms with van der Waals surface area (Å²) in [5.41, 5.74) is 8.51. The van der Waals surface area contributed by atoms with Crippen molar-refractivity contribution in [2.75, 3.05) is 9.80 Å². The van der Waals surface area contributed by atoms with E-state index in [1.807, 2.05) is 102 Å². The van der Waals surface area contributed by atoms with Crippen LogP contribution in [0.4, 0.5) is 34.1 Å². The Bertz CT molecular complexity index is 7450. The van der Waals surface area contributed by atoms with Crippen LogP contribution in [0, 0.1) is 0 Å². The predicted octanol–water partition coefficient (Wildman–Crippen LogP) is 24.3. The molecule has 6 heterocycles. The molecule has 2 aliphatic heterocycles. The molecule has 0 bridgehead atoms. The van der Waals surface area contributed by atoms with Crippen LogP contribution in [0.15, 0.2) is 313 Å². The number of para-hydroxylation sites is 8. The maximum absolute atomic E-state index is 9.75. The number of hydrogen-bond acceptors (Lipinski definition) is 3. The van der Waals surface area contributed by atoms with Gasteiger partial charge in [0, 0.05) is 71.6 Å². The Labute approximate surface area is 583 Å². The highest BCUT2D eigenvalue weighted by Gasteiger charge is 2.43. The lowest BCUT2D eigenvalue weighted by molar-refractivity contribution is 0.590. The molecule has 6 heteroatoms. The first-order valence-corrected chi connectivity index (χ1v) is 31.1. The molecule has 14 aromatic carbocycles. The minimum absolute atomic E-state index is 0.107. The zero-order valence-electron chi connectivity index (χ0n) is 74.8. The second-order valence-electron chi connectivity index (χ2n) is 25.0. The largest absolute Gasteiger partial charge is 0.452 e. The summed E-state index contributed by atoms with van der Waals surface area (Å²) in [7, 11) is 0. The quantitative estimate of drug-likeness (QED) is 0.159. The molecular weight excluding hydrogens is 1160 g/mol. The Hall–Kier alpha value is -12.1. The van der Waals surface area contributed by atoms with Crippen molar-refractivity contribution >= 4 is 121 Å². The highest BCUT2D eigenvalue weighted by atomic mass is 16.3. The van der Waals surface area contributed by atoms with Gasteiger partial charge in [-0.15, -0.1) is 0 Å². The summed E-state index contributed by atoms with van der Waals surface area (Å²) in [5, 5.41) is 0.116. The van der Waals surface area contributed by atoms with Crippen LogP contribution < -0.4 is 9.80 Å². The highest BCUT2D eigenvalue weighted by molar-refractivity contribution is 6.16. The third kappa shape index (κ3) is 7.86. The Morgan fingerprint density at radius 1 is 0.305 bits per heavy atom. The normalized spacial score (nSPS) is 17.2. The third-order valence-electron chi connectivity index (χ3n) is 18.9. The van der Waals surface area contributed by atoms with E-state index < -0.39 is 156 Å². The molecule has 95 heavy (non-hydrogen) atoms. The fourth-order valence-electron chi connectivity index (χ4n) is 14.7. The zero-order chi connectivity index (χ0) is 83.7.